The van der Waals surface area contributed by atoms with Crippen LogP contribution in [-0.2, 0) is 0 Å². The molecule has 0 unspecified atom stereocenters. The van der Waals surface area contributed by atoms with Crippen LogP contribution in [0.3, 0.4) is 0 Å². The summed E-state index contributed by atoms with van der Waals surface area (Å²) in [6.07, 6.45) is 0. The van der Waals surface area contributed by atoms with Gasteiger partial charge < -0.3 is 5.32 Å². The molecule has 2 N–H and O–H groups in total. The smallest absolute Gasteiger partial charge is 0.269 e. The van der Waals surface area contributed by atoms with E-state index in [2.05, 4.69) is 31.8 Å². The molecule has 118 valence electrons. The van der Waals surface area contributed by atoms with E-state index in [1.54, 1.807) is 19.1 Å². The topological polar surface area (TPSA) is 79.6 Å². The van der Waals surface area contributed by atoms with Crippen molar-refractivity contribution in [2.75, 3.05) is 5.32 Å². The quantitative estimate of drug-likeness (QED) is 0.354. The van der Waals surface area contributed by atoms with Crippen LogP contribution in [0.5, 0.6) is 0 Å². The fourth-order valence-electron chi connectivity index (χ4n) is 1.72. The highest BCUT2D eigenvalue weighted by molar-refractivity contribution is 9.10. The van der Waals surface area contributed by atoms with Crippen molar-refractivity contribution in [1.82, 2.24) is 5.43 Å². The lowest BCUT2D eigenvalue weighted by atomic mass is 10.1. The van der Waals surface area contributed by atoms with Gasteiger partial charge in [-0.25, -0.2) is 0 Å². The fraction of sp³-hybridized carbons (Fsp3) is 0.0667. The molecule has 0 aromatic heterocycles. The molecule has 8 heteroatoms. The molecule has 0 bridgehead atoms. The van der Waals surface area contributed by atoms with E-state index in [-0.39, 0.29) is 5.69 Å². The first-order chi connectivity index (χ1) is 11.0. The lowest BCUT2D eigenvalue weighted by molar-refractivity contribution is -0.384. The molecule has 2 rings (SSSR count). The van der Waals surface area contributed by atoms with Crippen LogP contribution < -0.4 is 10.7 Å². The monoisotopic (exact) mass is 392 g/mol. The van der Waals surface area contributed by atoms with E-state index in [4.69, 9.17) is 12.2 Å². The lowest BCUT2D eigenvalue weighted by Crippen LogP contribution is -2.24. The number of benzene rings is 2. The summed E-state index contributed by atoms with van der Waals surface area (Å²) >= 11 is 8.52. The van der Waals surface area contributed by atoms with Crippen molar-refractivity contribution in [2.45, 2.75) is 6.92 Å². The molecule has 2 aromatic carbocycles. The summed E-state index contributed by atoms with van der Waals surface area (Å²) in [6, 6.07) is 13.7. The first-order valence-electron chi connectivity index (χ1n) is 6.57. The minimum Gasteiger partial charge on any atom is -0.331 e. The van der Waals surface area contributed by atoms with Gasteiger partial charge in [0, 0.05) is 22.3 Å². The largest absolute Gasteiger partial charge is 0.331 e. The minimum atomic E-state index is -0.439. The van der Waals surface area contributed by atoms with Crippen molar-refractivity contribution in [2.24, 2.45) is 5.10 Å². The molecule has 0 spiro atoms. The summed E-state index contributed by atoms with van der Waals surface area (Å²) < 4.78 is 0.981. The van der Waals surface area contributed by atoms with Crippen LogP contribution in [0.1, 0.15) is 12.5 Å². The van der Waals surface area contributed by atoms with Crippen LogP contribution >= 0.6 is 28.1 Å². The van der Waals surface area contributed by atoms with E-state index in [1.807, 2.05) is 24.3 Å². The van der Waals surface area contributed by atoms with Gasteiger partial charge in [0.05, 0.1) is 10.6 Å². The van der Waals surface area contributed by atoms with Crippen molar-refractivity contribution < 1.29 is 4.92 Å². The molecule has 0 heterocycles. The Labute approximate surface area is 146 Å². The minimum absolute atomic E-state index is 0.0435. The zero-order valence-corrected chi connectivity index (χ0v) is 14.5. The second kappa shape index (κ2) is 7.80. The van der Waals surface area contributed by atoms with Gasteiger partial charge in [-0.05, 0) is 61.1 Å². The Bertz CT molecular complexity index is 745. The van der Waals surface area contributed by atoms with Gasteiger partial charge in [-0.3, -0.25) is 15.5 Å². The van der Waals surface area contributed by atoms with Crippen LogP contribution in [0.2, 0.25) is 0 Å². The lowest BCUT2D eigenvalue weighted by Gasteiger charge is -2.08. The molecule has 0 atom stereocenters. The van der Waals surface area contributed by atoms with E-state index in [0.717, 1.165) is 15.7 Å². The molecule has 0 radical (unpaired) electrons. The summed E-state index contributed by atoms with van der Waals surface area (Å²) in [5.41, 5.74) is 5.07. The van der Waals surface area contributed by atoms with Crippen molar-refractivity contribution in [1.29, 1.82) is 0 Å². The van der Waals surface area contributed by atoms with Crippen LogP contribution in [0.4, 0.5) is 11.4 Å². The Balaban J connectivity index is 1.96. The normalized spacial score (nSPS) is 11.0. The average Bonchev–Trinajstić information content (AvgIpc) is 2.55. The Kier molecular flexibility index (Phi) is 5.78. The number of nitro groups is 1. The molecule has 0 amide bonds. The third-order valence-electron chi connectivity index (χ3n) is 2.92. The molecule has 2 aromatic rings. The van der Waals surface area contributed by atoms with Crippen molar-refractivity contribution >= 4 is 50.3 Å². The Morgan fingerprint density at radius 1 is 1.17 bits per heavy atom. The maximum absolute atomic E-state index is 10.6. The molecule has 0 saturated carbocycles. The molecule has 0 aliphatic rings. The number of non-ortho nitro benzene ring substituents is 1. The zero-order valence-electron chi connectivity index (χ0n) is 12.1. The third-order valence-corrected chi connectivity index (χ3v) is 3.65. The SMILES string of the molecule is C/C(=N\NC(=S)Nc1ccc(Br)cc1)c1ccc([N+](=O)[O-])cc1. The van der Waals surface area contributed by atoms with Crippen LogP contribution in [-0.4, -0.2) is 15.7 Å². The maximum atomic E-state index is 10.6. The number of halogens is 1. The fourth-order valence-corrected chi connectivity index (χ4v) is 2.14. The zero-order chi connectivity index (χ0) is 16.8. The number of nitrogens with zero attached hydrogens (tertiary/aromatic N) is 2. The predicted octanol–water partition coefficient (Wildman–Crippen LogP) is 4.07. The molecular formula is C15H13BrN4O2S. The van der Waals surface area contributed by atoms with Gasteiger partial charge in [0.25, 0.3) is 5.69 Å². The van der Waals surface area contributed by atoms with Gasteiger partial charge in [0.1, 0.15) is 0 Å². The van der Waals surface area contributed by atoms with Crippen LogP contribution in [0, 0.1) is 10.1 Å². The highest BCUT2D eigenvalue weighted by atomic mass is 79.9. The number of rotatable bonds is 4. The number of hydrazone groups is 1. The number of hydrogen-bond acceptors (Lipinski definition) is 4. The van der Waals surface area contributed by atoms with Gasteiger partial charge in [0.2, 0.25) is 0 Å². The molecule has 6 nitrogen and oxygen atoms in total. The summed E-state index contributed by atoms with van der Waals surface area (Å²) in [4.78, 5) is 10.2. The van der Waals surface area contributed by atoms with Crippen molar-refractivity contribution in [3.63, 3.8) is 0 Å². The average molecular weight is 393 g/mol. The molecule has 0 aliphatic carbocycles. The molecule has 23 heavy (non-hydrogen) atoms. The van der Waals surface area contributed by atoms with Crippen LogP contribution in [0.25, 0.3) is 0 Å². The summed E-state index contributed by atoms with van der Waals surface area (Å²) in [5, 5.41) is 18.2. The van der Waals surface area contributed by atoms with Gasteiger partial charge in [-0.1, -0.05) is 15.9 Å². The van der Waals surface area contributed by atoms with Gasteiger partial charge >= 0.3 is 0 Å². The molecule has 0 fully saturated rings. The highest BCUT2D eigenvalue weighted by Crippen LogP contribution is 2.14. The van der Waals surface area contributed by atoms with Gasteiger partial charge in [0.15, 0.2) is 5.11 Å². The number of thiocarbonyl (C=S) groups is 1. The Morgan fingerprint density at radius 3 is 2.35 bits per heavy atom. The number of anilines is 1. The summed E-state index contributed by atoms with van der Waals surface area (Å²) in [7, 11) is 0. The third kappa shape index (κ3) is 5.11. The van der Waals surface area contributed by atoms with Crippen LogP contribution in [0.15, 0.2) is 58.1 Å². The Morgan fingerprint density at radius 2 is 1.78 bits per heavy atom. The second-order valence-corrected chi connectivity index (χ2v) is 5.90. The van der Waals surface area contributed by atoms with E-state index in [0.29, 0.717) is 10.8 Å². The molecule has 0 saturated heterocycles. The van der Waals surface area contributed by atoms with Gasteiger partial charge in [-0.2, -0.15) is 5.10 Å². The molecule has 0 aliphatic heterocycles. The standard InChI is InChI=1S/C15H13BrN4O2S/c1-10(11-2-8-14(9-3-11)20(21)22)18-19-15(23)17-13-6-4-12(16)5-7-13/h2-9H,1H3,(H2,17,19,23)/b18-10+. The summed E-state index contributed by atoms with van der Waals surface area (Å²) in [6.45, 7) is 1.79. The Hall–Kier alpha value is -2.32. The van der Waals surface area contributed by atoms with E-state index in [1.165, 1.54) is 12.1 Å². The van der Waals surface area contributed by atoms with E-state index < -0.39 is 4.92 Å². The van der Waals surface area contributed by atoms with Gasteiger partial charge in [-0.15, -0.1) is 0 Å². The van der Waals surface area contributed by atoms with Crippen molar-refractivity contribution in [3.8, 4) is 0 Å². The number of nitrogens with one attached hydrogen (secondary N) is 2. The second-order valence-electron chi connectivity index (χ2n) is 4.57. The highest BCUT2D eigenvalue weighted by Gasteiger charge is 2.05. The number of nitro benzene ring substituents is 1. The maximum Gasteiger partial charge on any atom is 0.269 e. The van der Waals surface area contributed by atoms with Crippen molar-refractivity contribution in [3.05, 3.63) is 68.7 Å². The molecular weight excluding hydrogens is 380 g/mol. The van der Waals surface area contributed by atoms with E-state index >= 15 is 0 Å². The predicted molar refractivity (Wildman–Crippen MR) is 98.8 cm³/mol. The first-order valence-corrected chi connectivity index (χ1v) is 7.77. The van der Waals surface area contributed by atoms with E-state index in [9.17, 15) is 10.1 Å². The number of hydrogen-bond donors (Lipinski definition) is 2. The summed E-state index contributed by atoms with van der Waals surface area (Å²) in [5.74, 6) is 0. The first kappa shape index (κ1) is 17.0.